The van der Waals surface area contributed by atoms with E-state index in [0.717, 1.165) is 18.0 Å². The van der Waals surface area contributed by atoms with Gasteiger partial charge in [0.2, 0.25) is 10.0 Å². The minimum Gasteiger partial charge on any atom is -0.350 e. The van der Waals surface area contributed by atoms with E-state index < -0.39 is 10.0 Å². The Kier molecular flexibility index (Phi) is 8.62. The summed E-state index contributed by atoms with van der Waals surface area (Å²) in [7, 11) is -3.58. The van der Waals surface area contributed by atoms with Crippen LogP contribution >= 0.6 is 11.3 Å². The average molecular weight is 424 g/mol. The topological polar surface area (TPSA) is 78.5 Å². The summed E-state index contributed by atoms with van der Waals surface area (Å²) in [5.74, 6) is -0.200. The van der Waals surface area contributed by atoms with E-state index in [1.54, 1.807) is 23.5 Å². The van der Waals surface area contributed by atoms with E-state index in [9.17, 15) is 13.2 Å². The van der Waals surface area contributed by atoms with E-state index in [1.165, 1.54) is 12.1 Å². The number of benzene rings is 1. The highest BCUT2D eigenvalue weighted by atomic mass is 32.2. The first-order chi connectivity index (χ1) is 13.4. The minimum absolute atomic E-state index is 0.159. The molecule has 0 bridgehead atoms. The number of carbonyl (C=O) groups is 1. The van der Waals surface area contributed by atoms with Crippen molar-refractivity contribution in [2.45, 2.75) is 38.1 Å². The van der Waals surface area contributed by atoms with E-state index in [0.29, 0.717) is 25.1 Å². The zero-order chi connectivity index (χ0) is 20.6. The van der Waals surface area contributed by atoms with Crippen molar-refractivity contribution >= 4 is 27.3 Å². The molecular weight excluding hydrogens is 394 g/mol. The third-order valence-corrected chi connectivity index (χ3v) is 7.08. The summed E-state index contributed by atoms with van der Waals surface area (Å²) < 4.78 is 27.4. The molecule has 6 nitrogen and oxygen atoms in total. The lowest BCUT2D eigenvalue weighted by molar-refractivity contribution is 0.0938. The molecule has 154 valence electrons. The minimum atomic E-state index is -3.58. The Hall–Kier alpha value is -1.74. The predicted octanol–water partition coefficient (Wildman–Crippen LogP) is 2.73. The Labute approximate surface area is 172 Å². The molecule has 0 saturated carbocycles. The van der Waals surface area contributed by atoms with E-state index >= 15 is 0 Å². The van der Waals surface area contributed by atoms with E-state index in [2.05, 4.69) is 35.7 Å². The molecule has 0 fully saturated rings. The first-order valence-corrected chi connectivity index (χ1v) is 11.9. The number of nitrogens with one attached hydrogen (secondary N) is 2. The molecule has 0 saturated heterocycles. The summed E-state index contributed by atoms with van der Waals surface area (Å²) in [6.07, 6.45) is 0.655. The molecule has 1 atom stereocenters. The van der Waals surface area contributed by atoms with Crippen LogP contribution in [0.4, 0.5) is 0 Å². The molecule has 1 heterocycles. The molecule has 1 unspecified atom stereocenters. The van der Waals surface area contributed by atoms with Crippen LogP contribution in [0.2, 0.25) is 0 Å². The smallest absolute Gasteiger partial charge is 0.251 e. The lowest BCUT2D eigenvalue weighted by atomic mass is 10.2. The van der Waals surface area contributed by atoms with E-state index in [4.69, 9.17) is 0 Å². The van der Waals surface area contributed by atoms with Crippen molar-refractivity contribution in [1.29, 1.82) is 0 Å². The number of amides is 1. The summed E-state index contributed by atoms with van der Waals surface area (Å²) in [4.78, 5) is 15.9. The third kappa shape index (κ3) is 6.41. The van der Waals surface area contributed by atoms with Gasteiger partial charge in [-0.05, 0) is 62.1 Å². The van der Waals surface area contributed by atoms with Crippen molar-refractivity contribution in [3.05, 3.63) is 52.2 Å². The second-order valence-electron chi connectivity index (χ2n) is 6.53. The molecule has 1 aromatic carbocycles. The number of sulfonamides is 1. The monoisotopic (exact) mass is 423 g/mol. The predicted molar refractivity (Wildman–Crippen MR) is 114 cm³/mol. The Morgan fingerprint density at radius 1 is 1.14 bits per heavy atom. The standard InChI is InChI=1S/C20H29N3O3S2/c1-4-23(5-2)16(3)15-21-20(24)17-8-10-19(11-9-17)28(25,26)22-13-12-18-7-6-14-27-18/h6-11,14,16,22H,4-5,12-13,15H2,1-3H3,(H,21,24). The molecule has 1 amide bonds. The zero-order valence-corrected chi connectivity index (χ0v) is 18.3. The van der Waals surface area contributed by atoms with Gasteiger partial charge in [0.05, 0.1) is 4.90 Å². The fraction of sp³-hybridized carbons (Fsp3) is 0.450. The zero-order valence-electron chi connectivity index (χ0n) is 16.6. The second-order valence-corrected chi connectivity index (χ2v) is 9.33. The fourth-order valence-electron chi connectivity index (χ4n) is 2.95. The van der Waals surface area contributed by atoms with Crippen LogP contribution in [0.25, 0.3) is 0 Å². The molecule has 0 radical (unpaired) electrons. The number of hydrogen-bond donors (Lipinski definition) is 2. The summed E-state index contributed by atoms with van der Waals surface area (Å²) in [6, 6.07) is 10.2. The van der Waals surface area contributed by atoms with E-state index in [1.807, 2.05) is 17.5 Å². The van der Waals surface area contributed by atoms with Crippen molar-refractivity contribution in [2.24, 2.45) is 0 Å². The van der Waals surface area contributed by atoms with Crippen LogP contribution in [0.1, 0.15) is 36.0 Å². The molecule has 28 heavy (non-hydrogen) atoms. The highest BCUT2D eigenvalue weighted by Crippen LogP contribution is 2.12. The van der Waals surface area contributed by atoms with Crippen LogP contribution < -0.4 is 10.0 Å². The quantitative estimate of drug-likeness (QED) is 0.583. The highest BCUT2D eigenvalue weighted by Gasteiger charge is 2.16. The van der Waals surface area contributed by atoms with Gasteiger partial charge in [-0.25, -0.2) is 13.1 Å². The van der Waals surface area contributed by atoms with Gasteiger partial charge in [-0.15, -0.1) is 11.3 Å². The Bertz CT molecular complexity index is 830. The molecule has 0 aliphatic heterocycles. The van der Waals surface area contributed by atoms with Gasteiger partial charge in [0.1, 0.15) is 0 Å². The lowest BCUT2D eigenvalue weighted by Crippen LogP contribution is -2.42. The van der Waals surface area contributed by atoms with Gasteiger partial charge >= 0.3 is 0 Å². The van der Waals surface area contributed by atoms with Gasteiger partial charge in [-0.3, -0.25) is 9.69 Å². The van der Waals surface area contributed by atoms with Gasteiger partial charge in [0.15, 0.2) is 0 Å². The first kappa shape index (κ1) is 22.5. The van der Waals surface area contributed by atoms with Crippen LogP contribution in [0, 0.1) is 0 Å². The van der Waals surface area contributed by atoms with Crippen LogP contribution in [0.15, 0.2) is 46.7 Å². The normalized spacial score (nSPS) is 12.9. The molecular formula is C20H29N3O3S2. The van der Waals surface area contributed by atoms with Crippen molar-refractivity contribution in [3.63, 3.8) is 0 Å². The van der Waals surface area contributed by atoms with Gasteiger partial charge in [0, 0.05) is 29.6 Å². The van der Waals surface area contributed by atoms with Crippen molar-refractivity contribution in [3.8, 4) is 0 Å². The Morgan fingerprint density at radius 2 is 1.82 bits per heavy atom. The van der Waals surface area contributed by atoms with Crippen molar-refractivity contribution in [1.82, 2.24) is 14.9 Å². The van der Waals surface area contributed by atoms with Crippen molar-refractivity contribution in [2.75, 3.05) is 26.2 Å². The third-order valence-electron chi connectivity index (χ3n) is 4.66. The maximum atomic E-state index is 12.4. The second kappa shape index (κ2) is 10.7. The van der Waals surface area contributed by atoms with Gasteiger partial charge in [-0.1, -0.05) is 19.9 Å². The molecule has 0 aliphatic carbocycles. The molecule has 0 spiro atoms. The number of rotatable bonds is 11. The number of nitrogens with zero attached hydrogens (tertiary/aromatic N) is 1. The molecule has 0 aliphatic rings. The van der Waals surface area contributed by atoms with Crippen LogP contribution in [0.5, 0.6) is 0 Å². The Morgan fingerprint density at radius 3 is 2.39 bits per heavy atom. The molecule has 1 aromatic heterocycles. The van der Waals surface area contributed by atoms with Gasteiger partial charge < -0.3 is 5.32 Å². The van der Waals surface area contributed by atoms with Gasteiger partial charge in [-0.2, -0.15) is 0 Å². The summed E-state index contributed by atoms with van der Waals surface area (Å²) in [5, 5.41) is 4.88. The molecule has 2 aromatic rings. The number of thiophene rings is 1. The van der Waals surface area contributed by atoms with Crippen LogP contribution in [-0.2, 0) is 16.4 Å². The molecule has 2 N–H and O–H groups in total. The van der Waals surface area contributed by atoms with E-state index in [-0.39, 0.29) is 16.8 Å². The number of hydrogen-bond acceptors (Lipinski definition) is 5. The van der Waals surface area contributed by atoms with Crippen LogP contribution in [-0.4, -0.2) is 51.4 Å². The maximum Gasteiger partial charge on any atom is 0.251 e. The van der Waals surface area contributed by atoms with Gasteiger partial charge in [0.25, 0.3) is 5.91 Å². The summed E-state index contributed by atoms with van der Waals surface area (Å²) >= 11 is 1.60. The van der Waals surface area contributed by atoms with Crippen LogP contribution in [0.3, 0.4) is 0 Å². The Balaban J connectivity index is 1.89. The molecule has 8 heteroatoms. The highest BCUT2D eigenvalue weighted by molar-refractivity contribution is 7.89. The average Bonchev–Trinajstić information content (AvgIpc) is 3.20. The SMILES string of the molecule is CCN(CC)C(C)CNC(=O)c1ccc(S(=O)(=O)NCCc2cccs2)cc1. The van der Waals surface area contributed by atoms with Crippen molar-refractivity contribution < 1.29 is 13.2 Å². The summed E-state index contributed by atoms with van der Waals surface area (Å²) in [5.41, 5.74) is 0.448. The largest absolute Gasteiger partial charge is 0.350 e. The maximum absolute atomic E-state index is 12.4. The first-order valence-electron chi connectivity index (χ1n) is 9.51. The fourth-order valence-corrected chi connectivity index (χ4v) is 4.69. The number of carbonyl (C=O) groups excluding carboxylic acids is 1. The molecule has 2 rings (SSSR count). The lowest BCUT2D eigenvalue weighted by Gasteiger charge is -2.26. The number of likely N-dealkylation sites (N-methyl/N-ethyl adjacent to an activating group) is 1. The summed E-state index contributed by atoms with van der Waals surface area (Å²) in [6.45, 7) is 9.01.